The molecule has 0 saturated carbocycles. The highest BCUT2D eigenvalue weighted by molar-refractivity contribution is 5.78. The molecule has 1 saturated heterocycles. The average Bonchev–Trinajstić information content (AvgIpc) is 2.41. The molecule has 0 aliphatic carbocycles. The zero-order valence-corrected chi connectivity index (χ0v) is 12.3. The minimum Gasteiger partial charge on any atom is -0.450 e. The van der Waals surface area contributed by atoms with Gasteiger partial charge in [0.15, 0.2) is 0 Å². The number of ether oxygens (including phenoxy) is 1. The first-order chi connectivity index (χ1) is 9.12. The molecule has 0 aromatic carbocycles. The topological polar surface area (TPSA) is 58.6 Å². The van der Waals surface area contributed by atoms with Gasteiger partial charge >= 0.3 is 6.09 Å². The third kappa shape index (κ3) is 4.73. The Labute approximate surface area is 115 Å². The first-order valence-electron chi connectivity index (χ1n) is 7.34. The van der Waals surface area contributed by atoms with Crippen molar-refractivity contribution >= 4 is 12.0 Å². The molecule has 1 heterocycles. The van der Waals surface area contributed by atoms with Crippen molar-refractivity contribution in [3.05, 3.63) is 0 Å². The van der Waals surface area contributed by atoms with Gasteiger partial charge in [-0.05, 0) is 32.6 Å². The summed E-state index contributed by atoms with van der Waals surface area (Å²) in [6, 6.07) is 0.129. The Morgan fingerprint density at radius 3 is 2.26 bits per heavy atom. The second kappa shape index (κ2) is 8.02. The Balaban J connectivity index is 2.36. The van der Waals surface area contributed by atoms with Crippen molar-refractivity contribution in [3.63, 3.8) is 0 Å². The van der Waals surface area contributed by atoms with Gasteiger partial charge in [0.05, 0.1) is 6.61 Å². The number of carbonyl (C=O) groups is 2. The Bertz CT molecular complexity index is 295. The van der Waals surface area contributed by atoms with E-state index in [2.05, 4.69) is 19.2 Å². The third-order valence-corrected chi connectivity index (χ3v) is 3.74. The van der Waals surface area contributed by atoms with Gasteiger partial charge in [0.25, 0.3) is 0 Å². The molecule has 1 rings (SSSR count). The summed E-state index contributed by atoms with van der Waals surface area (Å²) in [4.78, 5) is 25.5. The Morgan fingerprint density at radius 1 is 1.21 bits per heavy atom. The van der Waals surface area contributed by atoms with Crippen LogP contribution < -0.4 is 5.32 Å². The number of rotatable bonds is 5. The summed E-state index contributed by atoms with van der Waals surface area (Å²) in [5, 5.41) is 2.84. The molecular formula is C14H26N2O3. The van der Waals surface area contributed by atoms with Gasteiger partial charge in [-0.25, -0.2) is 4.79 Å². The lowest BCUT2D eigenvalue weighted by Crippen LogP contribution is -2.48. The zero-order chi connectivity index (χ0) is 14.3. The van der Waals surface area contributed by atoms with Gasteiger partial charge in [0.2, 0.25) is 5.91 Å². The second-order valence-corrected chi connectivity index (χ2v) is 4.98. The lowest BCUT2D eigenvalue weighted by molar-refractivity contribution is -0.136. The maximum atomic E-state index is 12.2. The fourth-order valence-corrected chi connectivity index (χ4v) is 2.48. The van der Waals surface area contributed by atoms with E-state index in [4.69, 9.17) is 4.74 Å². The fourth-order valence-electron chi connectivity index (χ4n) is 2.48. The van der Waals surface area contributed by atoms with Crippen LogP contribution in [0.25, 0.3) is 0 Å². The van der Waals surface area contributed by atoms with Crippen molar-refractivity contribution in [1.82, 2.24) is 10.2 Å². The predicted octanol–water partition coefficient (Wildman–Crippen LogP) is 2.16. The monoisotopic (exact) mass is 270 g/mol. The van der Waals surface area contributed by atoms with E-state index in [1.165, 1.54) is 0 Å². The number of alkyl carbamates (subject to hydrolysis) is 1. The average molecular weight is 270 g/mol. The SMILES string of the molecule is CCOC(=O)NC1CCN(C(=O)C(CC)CC)CC1. The van der Waals surface area contributed by atoms with Gasteiger partial charge in [-0.2, -0.15) is 0 Å². The fraction of sp³-hybridized carbons (Fsp3) is 0.857. The van der Waals surface area contributed by atoms with Crippen LogP contribution in [-0.4, -0.2) is 42.6 Å². The Morgan fingerprint density at radius 2 is 1.79 bits per heavy atom. The quantitative estimate of drug-likeness (QED) is 0.833. The summed E-state index contributed by atoms with van der Waals surface area (Å²) in [6.45, 7) is 7.75. The highest BCUT2D eigenvalue weighted by Crippen LogP contribution is 2.17. The third-order valence-electron chi connectivity index (χ3n) is 3.74. The van der Waals surface area contributed by atoms with E-state index >= 15 is 0 Å². The molecule has 2 amide bonds. The van der Waals surface area contributed by atoms with Crippen LogP contribution in [0.1, 0.15) is 46.5 Å². The Hall–Kier alpha value is -1.26. The molecule has 5 nitrogen and oxygen atoms in total. The van der Waals surface area contributed by atoms with Crippen LogP contribution in [0.2, 0.25) is 0 Å². The van der Waals surface area contributed by atoms with Crippen molar-refractivity contribution in [1.29, 1.82) is 0 Å². The van der Waals surface area contributed by atoms with Crippen LogP contribution in [0.3, 0.4) is 0 Å². The van der Waals surface area contributed by atoms with Crippen LogP contribution in [-0.2, 0) is 9.53 Å². The number of likely N-dealkylation sites (tertiary alicyclic amines) is 1. The molecule has 5 heteroatoms. The van der Waals surface area contributed by atoms with E-state index in [9.17, 15) is 9.59 Å². The maximum Gasteiger partial charge on any atom is 0.407 e. The molecule has 1 aliphatic heterocycles. The normalized spacial score (nSPS) is 16.5. The highest BCUT2D eigenvalue weighted by atomic mass is 16.5. The number of hydrogen-bond donors (Lipinski definition) is 1. The largest absolute Gasteiger partial charge is 0.450 e. The molecule has 1 aliphatic rings. The summed E-state index contributed by atoms with van der Waals surface area (Å²) in [5.74, 6) is 0.411. The second-order valence-electron chi connectivity index (χ2n) is 4.98. The van der Waals surface area contributed by atoms with Gasteiger partial charge in [-0.1, -0.05) is 13.8 Å². The molecule has 0 aromatic heterocycles. The summed E-state index contributed by atoms with van der Waals surface area (Å²) < 4.78 is 4.86. The van der Waals surface area contributed by atoms with Crippen LogP contribution in [0, 0.1) is 5.92 Å². The minimum absolute atomic E-state index is 0.129. The van der Waals surface area contributed by atoms with Crippen molar-refractivity contribution in [2.45, 2.75) is 52.5 Å². The standard InChI is InChI=1S/C14H26N2O3/c1-4-11(5-2)13(17)16-9-7-12(8-10-16)15-14(18)19-6-3/h11-12H,4-10H2,1-3H3,(H,15,18). The highest BCUT2D eigenvalue weighted by Gasteiger charge is 2.27. The predicted molar refractivity (Wildman–Crippen MR) is 73.8 cm³/mol. The molecular weight excluding hydrogens is 244 g/mol. The molecule has 0 bridgehead atoms. The smallest absolute Gasteiger partial charge is 0.407 e. The first-order valence-corrected chi connectivity index (χ1v) is 7.34. The number of carbonyl (C=O) groups excluding carboxylic acids is 2. The number of amides is 2. The van der Waals surface area contributed by atoms with Crippen molar-refractivity contribution < 1.29 is 14.3 Å². The first kappa shape index (κ1) is 15.8. The molecule has 19 heavy (non-hydrogen) atoms. The van der Waals surface area contributed by atoms with Gasteiger partial charge in [-0.3, -0.25) is 4.79 Å². The van der Waals surface area contributed by atoms with E-state index < -0.39 is 0 Å². The number of nitrogens with one attached hydrogen (secondary N) is 1. The molecule has 0 spiro atoms. The molecule has 0 unspecified atom stereocenters. The van der Waals surface area contributed by atoms with E-state index in [1.807, 2.05) is 4.90 Å². The van der Waals surface area contributed by atoms with Gasteiger partial charge in [0.1, 0.15) is 0 Å². The summed E-state index contributed by atoms with van der Waals surface area (Å²) >= 11 is 0. The van der Waals surface area contributed by atoms with Crippen LogP contribution in [0.5, 0.6) is 0 Å². The molecule has 0 atom stereocenters. The number of hydrogen-bond acceptors (Lipinski definition) is 3. The summed E-state index contributed by atoms with van der Waals surface area (Å²) in [6.07, 6.45) is 3.06. The minimum atomic E-state index is -0.354. The molecule has 0 radical (unpaired) electrons. The molecule has 110 valence electrons. The lowest BCUT2D eigenvalue weighted by atomic mass is 9.98. The molecule has 0 aromatic rings. The lowest BCUT2D eigenvalue weighted by Gasteiger charge is -2.34. The number of nitrogens with zero attached hydrogens (tertiary/aromatic N) is 1. The summed E-state index contributed by atoms with van der Waals surface area (Å²) in [5.41, 5.74) is 0. The van der Waals surface area contributed by atoms with Crippen molar-refractivity contribution in [3.8, 4) is 0 Å². The van der Waals surface area contributed by atoms with E-state index in [0.29, 0.717) is 6.61 Å². The van der Waals surface area contributed by atoms with Crippen molar-refractivity contribution in [2.75, 3.05) is 19.7 Å². The maximum absolute atomic E-state index is 12.2. The van der Waals surface area contributed by atoms with Gasteiger partial charge in [0, 0.05) is 25.0 Å². The van der Waals surface area contributed by atoms with Crippen LogP contribution >= 0.6 is 0 Å². The van der Waals surface area contributed by atoms with Gasteiger partial charge < -0.3 is 15.0 Å². The van der Waals surface area contributed by atoms with E-state index in [0.717, 1.165) is 38.8 Å². The van der Waals surface area contributed by atoms with E-state index in [1.54, 1.807) is 6.92 Å². The summed E-state index contributed by atoms with van der Waals surface area (Å²) in [7, 11) is 0. The van der Waals surface area contributed by atoms with Crippen LogP contribution in [0.15, 0.2) is 0 Å². The molecule has 1 fully saturated rings. The van der Waals surface area contributed by atoms with E-state index in [-0.39, 0.29) is 24.0 Å². The van der Waals surface area contributed by atoms with Gasteiger partial charge in [-0.15, -0.1) is 0 Å². The molecule has 1 N–H and O–H groups in total. The Kier molecular flexibility index (Phi) is 6.67. The number of piperidine rings is 1. The van der Waals surface area contributed by atoms with Crippen molar-refractivity contribution in [2.24, 2.45) is 5.92 Å². The zero-order valence-electron chi connectivity index (χ0n) is 12.3. The van der Waals surface area contributed by atoms with Crippen LogP contribution in [0.4, 0.5) is 4.79 Å².